The van der Waals surface area contributed by atoms with Gasteiger partial charge in [0.05, 0.1) is 28.1 Å². The van der Waals surface area contributed by atoms with Gasteiger partial charge in [0.2, 0.25) is 0 Å². The molecule has 0 aliphatic rings. The van der Waals surface area contributed by atoms with E-state index in [0.29, 0.717) is 12.1 Å². The van der Waals surface area contributed by atoms with Crippen LogP contribution in [0.25, 0.3) is 0 Å². The fraction of sp³-hybridized carbons (Fsp3) is 0.562. The highest BCUT2D eigenvalue weighted by Gasteiger charge is 2.81. The van der Waals surface area contributed by atoms with Crippen LogP contribution in [-0.4, -0.2) is 36.6 Å². The number of rotatable bonds is 7. The molecule has 0 aromatic heterocycles. The van der Waals surface area contributed by atoms with Gasteiger partial charge in [-0.2, -0.15) is 47.9 Å². The summed E-state index contributed by atoms with van der Waals surface area (Å²) in [5.41, 5.74) is -7.14. The van der Waals surface area contributed by atoms with E-state index in [9.17, 15) is 62.8 Å². The lowest BCUT2D eigenvalue weighted by Crippen LogP contribution is -2.62. The van der Waals surface area contributed by atoms with Crippen molar-refractivity contribution in [3.05, 3.63) is 39.4 Å². The van der Waals surface area contributed by atoms with Crippen molar-refractivity contribution in [3.8, 4) is 0 Å². The number of nitro groups is 1. The van der Waals surface area contributed by atoms with Crippen LogP contribution < -0.4 is 0 Å². The lowest BCUT2D eigenvalue weighted by molar-refractivity contribution is -0.386. The maximum atomic E-state index is 14.5. The molecule has 0 amide bonds. The number of ether oxygens (including phenoxy) is 1. The predicted octanol–water partition coefficient (Wildman–Crippen LogP) is 4.87. The molecule has 0 fully saturated rings. The Morgan fingerprint density at radius 2 is 1.50 bits per heavy atom. The Labute approximate surface area is 184 Å². The van der Waals surface area contributed by atoms with Gasteiger partial charge in [-0.15, -0.1) is 0 Å². The van der Waals surface area contributed by atoms with Gasteiger partial charge in [0, 0.05) is 6.07 Å². The minimum atomic E-state index is -7.19. The summed E-state index contributed by atoms with van der Waals surface area (Å²) in [6.07, 6.45) is -12.3. The molecule has 34 heavy (non-hydrogen) atoms. The molecular formula is C16H14F9NO7S. The molecule has 1 atom stereocenters. The van der Waals surface area contributed by atoms with Crippen LogP contribution >= 0.6 is 0 Å². The van der Waals surface area contributed by atoms with Gasteiger partial charge >= 0.3 is 39.5 Å². The van der Waals surface area contributed by atoms with Crippen molar-refractivity contribution in [1.29, 1.82) is 0 Å². The second-order valence-electron chi connectivity index (χ2n) is 7.52. The van der Waals surface area contributed by atoms with Crippen LogP contribution in [0.15, 0.2) is 18.2 Å². The Balaban J connectivity index is 3.55. The van der Waals surface area contributed by atoms with Gasteiger partial charge in [0.1, 0.15) is 0 Å². The molecule has 0 bridgehead atoms. The molecule has 1 aromatic carbocycles. The van der Waals surface area contributed by atoms with Crippen LogP contribution in [0.1, 0.15) is 31.9 Å². The van der Waals surface area contributed by atoms with Gasteiger partial charge < -0.3 is 4.74 Å². The van der Waals surface area contributed by atoms with Crippen molar-refractivity contribution in [2.45, 2.75) is 50.8 Å². The Morgan fingerprint density at radius 1 is 1.00 bits per heavy atom. The van der Waals surface area contributed by atoms with E-state index in [1.54, 1.807) is 0 Å². The van der Waals surface area contributed by atoms with E-state index < -0.39 is 73.3 Å². The second kappa shape index (κ2) is 8.86. The molecule has 0 aliphatic heterocycles. The van der Waals surface area contributed by atoms with Crippen LogP contribution in [-0.2, 0) is 36.6 Å². The number of esters is 1. The first-order valence-electron chi connectivity index (χ1n) is 8.49. The topological polar surface area (TPSA) is 113 Å². The molecule has 1 rings (SSSR count). The number of nitro benzene ring substituents is 1. The number of alkyl halides is 9. The van der Waals surface area contributed by atoms with Crippen LogP contribution in [0.5, 0.6) is 0 Å². The first-order chi connectivity index (χ1) is 14.9. The van der Waals surface area contributed by atoms with Gasteiger partial charge in [-0.1, -0.05) is 6.07 Å². The summed E-state index contributed by atoms with van der Waals surface area (Å²) in [4.78, 5) is 21.1. The van der Waals surface area contributed by atoms with E-state index in [1.165, 1.54) is 0 Å². The Hall–Kier alpha value is -2.63. The molecule has 1 aromatic rings. The second-order valence-corrected chi connectivity index (χ2v) is 9.18. The maximum absolute atomic E-state index is 14.5. The summed E-state index contributed by atoms with van der Waals surface area (Å²) < 4.78 is 152. The van der Waals surface area contributed by atoms with Crippen molar-refractivity contribution in [2.75, 3.05) is 0 Å². The lowest BCUT2D eigenvalue weighted by Gasteiger charge is -2.34. The minimum absolute atomic E-state index is 0.163. The van der Waals surface area contributed by atoms with E-state index in [1.807, 2.05) is 0 Å². The van der Waals surface area contributed by atoms with Gasteiger partial charge in [-0.3, -0.25) is 19.1 Å². The summed E-state index contributed by atoms with van der Waals surface area (Å²) in [7, 11) is -7.19. The van der Waals surface area contributed by atoms with Crippen molar-refractivity contribution in [3.63, 3.8) is 0 Å². The third kappa shape index (κ3) is 5.53. The normalized spacial score (nSPS) is 15.5. The van der Waals surface area contributed by atoms with Crippen molar-refractivity contribution in [1.82, 2.24) is 0 Å². The van der Waals surface area contributed by atoms with E-state index in [-0.39, 0.29) is 6.07 Å². The Morgan fingerprint density at radius 3 is 1.88 bits per heavy atom. The van der Waals surface area contributed by atoms with Gasteiger partial charge in [-0.05, 0) is 26.8 Å². The van der Waals surface area contributed by atoms with Crippen LogP contribution in [0.4, 0.5) is 45.2 Å². The summed E-state index contributed by atoms with van der Waals surface area (Å²) >= 11 is 0. The highest BCUT2D eigenvalue weighted by atomic mass is 32.2. The third-order valence-electron chi connectivity index (χ3n) is 3.91. The monoisotopic (exact) mass is 535 g/mol. The van der Waals surface area contributed by atoms with E-state index in [0.717, 1.165) is 20.8 Å². The molecule has 0 saturated heterocycles. The summed E-state index contributed by atoms with van der Waals surface area (Å²) in [5, 5.41) is 4.18. The van der Waals surface area contributed by atoms with Crippen molar-refractivity contribution in [2.24, 2.45) is 5.41 Å². The molecule has 0 N–H and O–H groups in total. The molecule has 0 heterocycles. The lowest BCUT2D eigenvalue weighted by atomic mass is 9.97. The average molecular weight is 535 g/mol. The zero-order chi connectivity index (χ0) is 27.1. The number of hydrogen-bond acceptors (Lipinski definition) is 7. The number of nitrogens with zero attached hydrogens (tertiary/aromatic N) is 1. The zero-order valence-electron chi connectivity index (χ0n) is 17.1. The molecule has 0 aliphatic carbocycles. The minimum Gasteiger partial charge on any atom is -0.413 e. The zero-order valence-corrected chi connectivity index (χ0v) is 17.9. The first-order valence-corrected chi connectivity index (χ1v) is 9.90. The highest BCUT2D eigenvalue weighted by molar-refractivity contribution is 7.87. The molecule has 8 nitrogen and oxygen atoms in total. The summed E-state index contributed by atoms with van der Waals surface area (Å²) in [5.74, 6) is -8.81. The SMILES string of the molecule is CC(C)(C)C(=O)OC(F)(C(F)(F)F)C(F)(F)S(=O)(=O)OCc1c([N+](=O)[O-])cccc1C(F)(F)F. The highest BCUT2D eigenvalue weighted by Crippen LogP contribution is 2.50. The number of hydrogen-bond donors (Lipinski definition) is 0. The van der Waals surface area contributed by atoms with Gasteiger partial charge in [-0.25, -0.2) is 0 Å². The number of carbonyl (C=O) groups excluding carboxylic acids is 1. The molecular weight excluding hydrogens is 521 g/mol. The standard InChI is InChI=1S/C16H14F9NO7S/c1-12(2,3)11(27)33-14(20,15(21,22)23)16(24,25)34(30,31)32-7-8-9(13(17,18)19)5-4-6-10(8)26(28)29/h4-6H,7H2,1-3H3. The molecule has 194 valence electrons. The van der Waals surface area contributed by atoms with Crippen molar-refractivity contribution < 1.29 is 66.6 Å². The summed E-state index contributed by atoms with van der Waals surface area (Å²) in [6, 6.07) is 1.05. The largest absolute Gasteiger partial charge is 0.468 e. The molecule has 0 saturated carbocycles. The summed E-state index contributed by atoms with van der Waals surface area (Å²) in [6.45, 7) is 0.179. The van der Waals surface area contributed by atoms with Gasteiger partial charge in [0.25, 0.3) is 5.69 Å². The Bertz CT molecular complexity index is 1060. The molecule has 0 radical (unpaired) electrons. The predicted molar refractivity (Wildman–Crippen MR) is 92.2 cm³/mol. The number of carbonyl (C=O) groups is 1. The van der Waals surface area contributed by atoms with E-state index >= 15 is 0 Å². The maximum Gasteiger partial charge on any atom is 0.468 e. The molecule has 1 unspecified atom stereocenters. The van der Waals surface area contributed by atoms with Crippen molar-refractivity contribution >= 4 is 21.8 Å². The molecule has 18 heteroatoms. The number of halogens is 9. The molecule has 0 spiro atoms. The first kappa shape index (κ1) is 29.4. The van der Waals surface area contributed by atoms with Crippen LogP contribution in [0.2, 0.25) is 0 Å². The quantitative estimate of drug-likeness (QED) is 0.161. The fourth-order valence-corrected chi connectivity index (χ4v) is 3.00. The average Bonchev–Trinajstić information content (AvgIpc) is 2.63. The van der Waals surface area contributed by atoms with Crippen LogP contribution in [0, 0.1) is 15.5 Å². The van der Waals surface area contributed by atoms with E-state index in [2.05, 4.69) is 8.92 Å². The smallest absolute Gasteiger partial charge is 0.413 e. The van der Waals surface area contributed by atoms with E-state index in [4.69, 9.17) is 0 Å². The third-order valence-corrected chi connectivity index (χ3v) is 5.23. The van der Waals surface area contributed by atoms with Crippen LogP contribution in [0.3, 0.4) is 0 Å². The fourth-order valence-electron chi connectivity index (χ4n) is 2.10. The number of benzene rings is 1. The Kier molecular flexibility index (Phi) is 7.66. The van der Waals surface area contributed by atoms with Gasteiger partial charge in [0.15, 0.2) is 0 Å².